The number of amides is 1. The van der Waals surface area contributed by atoms with Crippen molar-refractivity contribution in [3.8, 4) is 11.3 Å². The molecule has 2 aromatic heterocycles. The lowest BCUT2D eigenvalue weighted by Crippen LogP contribution is -2.15. The van der Waals surface area contributed by atoms with Gasteiger partial charge >= 0.3 is 0 Å². The van der Waals surface area contributed by atoms with Gasteiger partial charge in [-0.3, -0.25) is 4.79 Å². The molecule has 0 spiro atoms. The third-order valence-electron chi connectivity index (χ3n) is 4.24. The fourth-order valence-corrected chi connectivity index (χ4v) is 3.58. The van der Waals surface area contributed by atoms with Crippen molar-refractivity contribution in [3.05, 3.63) is 78.4 Å². The quantitative estimate of drug-likeness (QED) is 0.505. The Morgan fingerprint density at radius 1 is 1.18 bits per heavy atom. The van der Waals surface area contributed by atoms with E-state index in [1.54, 1.807) is 23.0 Å². The highest BCUT2D eigenvalue weighted by atomic mass is 32.2. The van der Waals surface area contributed by atoms with Crippen molar-refractivity contribution in [3.63, 3.8) is 0 Å². The van der Waals surface area contributed by atoms with Crippen molar-refractivity contribution >= 4 is 28.9 Å². The minimum Gasteiger partial charge on any atom is -0.325 e. The Hall–Kier alpha value is -3.19. The molecule has 0 saturated heterocycles. The summed E-state index contributed by atoms with van der Waals surface area (Å²) in [6.07, 6.45) is 3.44. The molecular formula is C21H17FN4OS. The lowest BCUT2D eigenvalue weighted by atomic mass is 10.1. The van der Waals surface area contributed by atoms with E-state index in [1.165, 1.54) is 23.9 Å². The smallest absolute Gasteiger partial charge is 0.234 e. The highest BCUT2D eigenvalue weighted by Crippen LogP contribution is 2.26. The van der Waals surface area contributed by atoms with E-state index in [0.717, 1.165) is 22.3 Å². The average Bonchev–Trinajstić information content (AvgIpc) is 3.15. The predicted molar refractivity (Wildman–Crippen MR) is 109 cm³/mol. The summed E-state index contributed by atoms with van der Waals surface area (Å²) in [5.41, 5.74) is 3.98. The number of aromatic nitrogens is 3. The molecule has 0 aliphatic rings. The highest BCUT2D eigenvalue weighted by Gasteiger charge is 2.12. The second-order valence-corrected chi connectivity index (χ2v) is 7.22. The molecule has 0 atom stereocenters. The maximum absolute atomic E-state index is 13.4. The largest absolute Gasteiger partial charge is 0.325 e. The number of aryl methyl sites for hydroxylation is 1. The number of nitrogens with zero attached hydrogens (tertiary/aromatic N) is 3. The number of thioether (sulfide) groups is 1. The number of nitrogens with one attached hydrogen (secondary N) is 1. The van der Waals surface area contributed by atoms with Crippen LogP contribution in [0.5, 0.6) is 0 Å². The first-order valence-electron chi connectivity index (χ1n) is 8.69. The molecule has 0 aliphatic carbocycles. The van der Waals surface area contributed by atoms with Crippen LogP contribution >= 0.6 is 11.8 Å². The zero-order valence-corrected chi connectivity index (χ0v) is 15.9. The van der Waals surface area contributed by atoms with Crippen LogP contribution in [0.15, 0.2) is 72.0 Å². The molecule has 0 radical (unpaired) electrons. The summed E-state index contributed by atoms with van der Waals surface area (Å²) in [4.78, 5) is 16.7. The molecule has 4 aromatic rings. The monoisotopic (exact) mass is 392 g/mol. The van der Waals surface area contributed by atoms with Crippen molar-refractivity contribution in [2.45, 2.75) is 11.9 Å². The van der Waals surface area contributed by atoms with E-state index in [9.17, 15) is 9.18 Å². The Balaban J connectivity index is 1.51. The predicted octanol–water partition coefficient (Wildman–Crippen LogP) is 4.57. The van der Waals surface area contributed by atoms with Crippen LogP contribution in [0.2, 0.25) is 0 Å². The number of hydrogen-bond acceptors (Lipinski definition) is 4. The fourth-order valence-electron chi connectivity index (χ4n) is 2.81. The van der Waals surface area contributed by atoms with E-state index in [-0.39, 0.29) is 17.5 Å². The van der Waals surface area contributed by atoms with Gasteiger partial charge in [-0.05, 0) is 30.7 Å². The molecule has 1 N–H and O–H groups in total. The zero-order valence-electron chi connectivity index (χ0n) is 15.1. The third kappa shape index (κ3) is 3.89. The third-order valence-corrected chi connectivity index (χ3v) is 5.23. The van der Waals surface area contributed by atoms with Gasteiger partial charge in [0, 0.05) is 23.6 Å². The van der Waals surface area contributed by atoms with E-state index in [4.69, 9.17) is 0 Å². The molecule has 2 aromatic carbocycles. The molecule has 2 heterocycles. The first-order valence-corrected chi connectivity index (χ1v) is 9.67. The topological polar surface area (TPSA) is 59.3 Å². The van der Waals surface area contributed by atoms with Gasteiger partial charge in [-0.15, -0.1) is 0 Å². The molecule has 5 nitrogen and oxygen atoms in total. The van der Waals surface area contributed by atoms with Crippen LogP contribution in [-0.2, 0) is 4.79 Å². The van der Waals surface area contributed by atoms with Gasteiger partial charge in [-0.25, -0.2) is 13.9 Å². The molecule has 0 bridgehead atoms. The maximum atomic E-state index is 13.4. The molecule has 0 saturated carbocycles. The van der Waals surface area contributed by atoms with E-state index < -0.39 is 0 Å². The Morgan fingerprint density at radius 2 is 2.00 bits per heavy atom. The number of halogens is 1. The second-order valence-electron chi connectivity index (χ2n) is 6.25. The highest BCUT2D eigenvalue weighted by molar-refractivity contribution is 8.00. The van der Waals surface area contributed by atoms with E-state index in [0.29, 0.717) is 10.7 Å². The van der Waals surface area contributed by atoms with Gasteiger partial charge in [0.15, 0.2) is 0 Å². The molecule has 140 valence electrons. The van der Waals surface area contributed by atoms with Crippen LogP contribution in [0.25, 0.3) is 16.8 Å². The van der Waals surface area contributed by atoms with E-state index >= 15 is 0 Å². The van der Waals surface area contributed by atoms with Gasteiger partial charge in [0.25, 0.3) is 0 Å². The Kier molecular flexibility index (Phi) is 5.08. The number of carbonyl (C=O) groups is 1. The Morgan fingerprint density at radius 3 is 2.82 bits per heavy atom. The van der Waals surface area contributed by atoms with Crippen LogP contribution in [0.4, 0.5) is 10.1 Å². The van der Waals surface area contributed by atoms with E-state index in [2.05, 4.69) is 15.4 Å². The van der Waals surface area contributed by atoms with Crippen LogP contribution < -0.4 is 5.32 Å². The molecule has 7 heteroatoms. The van der Waals surface area contributed by atoms with Crippen molar-refractivity contribution in [2.75, 3.05) is 11.1 Å². The molecule has 28 heavy (non-hydrogen) atoms. The normalized spacial score (nSPS) is 10.9. The standard InChI is InChI=1S/C21H17FN4OS/c1-14-7-8-16(22)11-17(14)24-20(27)13-28-21-19-12-18(15-5-3-2-4-6-15)25-26(19)10-9-23-21/h2-12H,13H2,1H3,(H,24,27). The van der Waals surface area contributed by atoms with Crippen LogP contribution in [-0.4, -0.2) is 26.3 Å². The number of fused-ring (bicyclic) bond motifs is 1. The van der Waals surface area contributed by atoms with Crippen molar-refractivity contribution in [1.82, 2.24) is 14.6 Å². The minimum atomic E-state index is -0.382. The van der Waals surface area contributed by atoms with Crippen molar-refractivity contribution < 1.29 is 9.18 Å². The summed E-state index contributed by atoms with van der Waals surface area (Å²) in [7, 11) is 0. The first kappa shape index (κ1) is 18.2. The Bertz CT molecular complexity index is 1140. The summed E-state index contributed by atoms with van der Waals surface area (Å²) >= 11 is 1.32. The summed E-state index contributed by atoms with van der Waals surface area (Å²) < 4.78 is 15.1. The average molecular weight is 392 g/mol. The van der Waals surface area contributed by atoms with Gasteiger partial charge in [0.1, 0.15) is 10.8 Å². The minimum absolute atomic E-state index is 0.161. The molecule has 0 fully saturated rings. The van der Waals surface area contributed by atoms with Crippen molar-refractivity contribution in [1.29, 1.82) is 0 Å². The van der Waals surface area contributed by atoms with Crippen molar-refractivity contribution in [2.24, 2.45) is 0 Å². The number of rotatable bonds is 5. The van der Waals surface area contributed by atoms with E-state index in [1.807, 2.05) is 43.3 Å². The summed E-state index contributed by atoms with van der Waals surface area (Å²) in [6.45, 7) is 1.82. The summed E-state index contributed by atoms with van der Waals surface area (Å²) in [6, 6.07) is 16.2. The summed E-state index contributed by atoms with van der Waals surface area (Å²) in [5, 5.41) is 8.04. The van der Waals surface area contributed by atoms with Gasteiger partial charge in [0.05, 0.1) is 17.0 Å². The van der Waals surface area contributed by atoms with Gasteiger partial charge in [-0.1, -0.05) is 48.2 Å². The molecule has 1 amide bonds. The molecule has 0 unspecified atom stereocenters. The maximum Gasteiger partial charge on any atom is 0.234 e. The van der Waals surface area contributed by atoms with Gasteiger partial charge in [0.2, 0.25) is 5.91 Å². The van der Waals surface area contributed by atoms with Crippen LogP contribution in [0.3, 0.4) is 0 Å². The first-order chi connectivity index (χ1) is 13.6. The van der Waals surface area contributed by atoms with Crippen LogP contribution in [0, 0.1) is 12.7 Å². The summed E-state index contributed by atoms with van der Waals surface area (Å²) in [5.74, 6) is -0.438. The second kappa shape index (κ2) is 7.82. The molecule has 4 rings (SSSR count). The van der Waals surface area contributed by atoms with Gasteiger partial charge < -0.3 is 5.32 Å². The SMILES string of the molecule is Cc1ccc(F)cc1NC(=O)CSc1nccn2nc(-c3ccccc3)cc12. The lowest BCUT2D eigenvalue weighted by Gasteiger charge is -2.08. The number of anilines is 1. The molecule has 0 aliphatic heterocycles. The Labute approximate surface area is 165 Å². The zero-order chi connectivity index (χ0) is 19.5. The lowest BCUT2D eigenvalue weighted by molar-refractivity contribution is -0.113. The van der Waals surface area contributed by atoms with Gasteiger partial charge in [-0.2, -0.15) is 5.10 Å². The number of carbonyl (C=O) groups excluding carboxylic acids is 1. The number of hydrogen-bond donors (Lipinski definition) is 1. The number of benzene rings is 2. The van der Waals surface area contributed by atoms with Crippen LogP contribution in [0.1, 0.15) is 5.56 Å². The fraction of sp³-hybridized carbons (Fsp3) is 0.0952. The molecular weight excluding hydrogens is 375 g/mol.